The fourth-order valence-electron chi connectivity index (χ4n) is 2.85. The van der Waals surface area contributed by atoms with Crippen molar-refractivity contribution in [2.45, 2.75) is 12.3 Å². The first-order valence-corrected chi connectivity index (χ1v) is 11.2. The summed E-state index contributed by atoms with van der Waals surface area (Å²) in [7, 11) is -2.61. The van der Waals surface area contributed by atoms with E-state index in [1.807, 2.05) is 19.1 Å². The predicted octanol–water partition coefficient (Wildman–Crippen LogP) is 2.68. The van der Waals surface area contributed by atoms with Crippen LogP contribution in [0.4, 0.5) is 10.8 Å². The third-order valence-corrected chi connectivity index (χ3v) is 6.76. The monoisotopic (exact) mass is 446 g/mol. The van der Waals surface area contributed by atoms with Gasteiger partial charge in [-0.25, -0.2) is 23.2 Å². The van der Waals surface area contributed by atoms with Crippen molar-refractivity contribution < 1.29 is 22.8 Å². The summed E-state index contributed by atoms with van der Waals surface area (Å²) >= 11 is 1.12. The van der Waals surface area contributed by atoms with E-state index in [-0.39, 0.29) is 5.13 Å². The molecule has 0 aliphatic carbocycles. The molecular weight excluding hydrogens is 428 g/mol. The van der Waals surface area contributed by atoms with Crippen molar-refractivity contribution in [1.29, 1.82) is 0 Å². The van der Waals surface area contributed by atoms with Gasteiger partial charge in [0.15, 0.2) is 5.13 Å². The first-order chi connectivity index (χ1) is 14.4. The number of benzene rings is 2. The number of aryl methyl sites for hydroxylation is 1. The van der Waals surface area contributed by atoms with Crippen LogP contribution in [-0.4, -0.2) is 31.9 Å². The van der Waals surface area contributed by atoms with E-state index in [1.165, 1.54) is 0 Å². The Morgan fingerprint density at radius 3 is 2.53 bits per heavy atom. The lowest BCUT2D eigenvalue weighted by Gasteiger charge is -2.21. The molecule has 156 valence electrons. The molecule has 1 fully saturated rings. The highest BCUT2D eigenvalue weighted by Gasteiger charge is 2.46. The highest BCUT2D eigenvalue weighted by atomic mass is 32.2. The van der Waals surface area contributed by atoms with Crippen LogP contribution in [0.5, 0.6) is 5.75 Å². The molecule has 2 heterocycles. The van der Waals surface area contributed by atoms with Crippen LogP contribution >= 0.6 is 11.3 Å². The van der Waals surface area contributed by atoms with Crippen LogP contribution in [-0.2, 0) is 19.7 Å². The van der Waals surface area contributed by atoms with E-state index in [1.54, 1.807) is 48.9 Å². The standard InChI is InChI=1S/C19H18N4O5S2/c1-12-3-7-14(8-4-12)23-17(18(24)28-22-23)30(25,26)21-19-20-16(11-29-19)13-5-9-15(27-2)10-6-13/h3-11,17,22H,1-2H3,(H,20,21). The molecule has 1 saturated heterocycles. The van der Waals surface area contributed by atoms with Gasteiger partial charge in [0.05, 0.1) is 18.5 Å². The van der Waals surface area contributed by atoms with Crippen LogP contribution < -0.4 is 20.1 Å². The largest absolute Gasteiger partial charge is 0.497 e. The zero-order valence-corrected chi connectivity index (χ0v) is 17.7. The third-order valence-electron chi connectivity index (χ3n) is 4.41. The van der Waals surface area contributed by atoms with Gasteiger partial charge in [-0.2, -0.15) is 0 Å². The quantitative estimate of drug-likeness (QED) is 0.595. The zero-order valence-electron chi connectivity index (χ0n) is 16.0. The molecule has 0 bridgehead atoms. The number of methoxy groups -OCH3 is 1. The van der Waals surface area contributed by atoms with E-state index in [0.717, 1.165) is 27.5 Å². The summed E-state index contributed by atoms with van der Waals surface area (Å²) in [5.74, 6) is -0.228. The number of sulfonamides is 1. The first kappa shape index (κ1) is 20.1. The summed E-state index contributed by atoms with van der Waals surface area (Å²) in [6.07, 6.45) is 0. The lowest BCUT2D eigenvalue weighted by atomic mass is 10.2. The second kappa shape index (κ2) is 7.94. The van der Waals surface area contributed by atoms with E-state index in [4.69, 9.17) is 9.57 Å². The molecule has 0 saturated carbocycles. The number of carbonyl (C=O) groups excluding carboxylic acids is 1. The SMILES string of the molecule is COc1ccc(-c2csc(NS(=O)(=O)C3C(=O)ONN3c3ccc(C)cc3)n2)cc1. The molecule has 1 atom stereocenters. The van der Waals surface area contributed by atoms with Gasteiger partial charge >= 0.3 is 5.97 Å². The zero-order chi connectivity index (χ0) is 21.3. The number of rotatable bonds is 6. The molecule has 30 heavy (non-hydrogen) atoms. The van der Waals surface area contributed by atoms with Crippen molar-refractivity contribution in [3.63, 3.8) is 0 Å². The number of anilines is 2. The Kier molecular flexibility index (Phi) is 5.33. The molecule has 3 aromatic rings. The van der Waals surface area contributed by atoms with Gasteiger partial charge in [0, 0.05) is 10.9 Å². The van der Waals surface area contributed by atoms with Gasteiger partial charge < -0.3 is 9.57 Å². The molecular formula is C19H18N4O5S2. The lowest BCUT2D eigenvalue weighted by molar-refractivity contribution is -0.142. The van der Waals surface area contributed by atoms with Gasteiger partial charge in [0.25, 0.3) is 15.4 Å². The summed E-state index contributed by atoms with van der Waals surface area (Å²) in [5, 5.41) is 1.42. The van der Waals surface area contributed by atoms with Crippen molar-refractivity contribution in [2.24, 2.45) is 0 Å². The van der Waals surface area contributed by atoms with Crippen molar-refractivity contribution in [3.05, 3.63) is 59.5 Å². The number of thiazole rings is 1. The van der Waals surface area contributed by atoms with Crippen LogP contribution in [0.1, 0.15) is 5.56 Å². The predicted molar refractivity (Wildman–Crippen MR) is 113 cm³/mol. The molecule has 0 spiro atoms. The Bertz CT molecular complexity index is 1160. The summed E-state index contributed by atoms with van der Waals surface area (Å²) in [6.45, 7) is 1.90. The minimum atomic E-state index is -4.18. The van der Waals surface area contributed by atoms with Crippen molar-refractivity contribution in [1.82, 2.24) is 10.6 Å². The van der Waals surface area contributed by atoms with Crippen molar-refractivity contribution >= 4 is 38.1 Å². The van der Waals surface area contributed by atoms with E-state index in [0.29, 0.717) is 17.1 Å². The van der Waals surface area contributed by atoms with Crippen LogP contribution in [0.15, 0.2) is 53.9 Å². The normalized spacial score (nSPS) is 16.4. The molecule has 9 nitrogen and oxygen atoms in total. The summed E-state index contributed by atoms with van der Waals surface area (Å²) in [6, 6.07) is 14.2. The van der Waals surface area contributed by atoms with E-state index >= 15 is 0 Å². The Labute approximate surface area is 177 Å². The molecule has 2 aromatic carbocycles. The van der Waals surface area contributed by atoms with Gasteiger partial charge in [-0.3, -0.25) is 4.72 Å². The minimum Gasteiger partial charge on any atom is -0.497 e. The fraction of sp³-hybridized carbons (Fsp3) is 0.158. The maximum Gasteiger partial charge on any atom is 0.368 e. The molecule has 1 aromatic heterocycles. The van der Waals surface area contributed by atoms with Crippen LogP contribution in [0.2, 0.25) is 0 Å². The number of aromatic nitrogens is 1. The number of hydrazine groups is 1. The van der Waals surface area contributed by atoms with E-state index in [2.05, 4.69) is 15.3 Å². The third kappa shape index (κ3) is 3.95. The second-order valence-corrected chi connectivity index (χ2v) is 9.08. The topological polar surface area (TPSA) is 110 Å². The molecule has 4 rings (SSSR count). The Morgan fingerprint density at radius 2 is 1.87 bits per heavy atom. The maximum absolute atomic E-state index is 12.9. The fourth-order valence-corrected chi connectivity index (χ4v) is 5.10. The molecule has 2 N–H and O–H groups in total. The smallest absolute Gasteiger partial charge is 0.368 e. The van der Waals surface area contributed by atoms with Crippen molar-refractivity contribution in [2.75, 3.05) is 16.8 Å². The average Bonchev–Trinajstić information content (AvgIpc) is 3.35. The van der Waals surface area contributed by atoms with Crippen LogP contribution in [0.3, 0.4) is 0 Å². The Morgan fingerprint density at radius 1 is 1.17 bits per heavy atom. The summed E-state index contributed by atoms with van der Waals surface area (Å²) < 4.78 is 33.4. The number of nitrogens with one attached hydrogen (secondary N) is 2. The molecule has 1 aliphatic rings. The van der Waals surface area contributed by atoms with Gasteiger partial charge in [0.2, 0.25) is 0 Å². The van der Waals surface area contributed by atoms with Gasteiger partial charge in [-0.15, -0.1) is 11.3 Å². The number of hydrogen-bond acceptors (Lipinski definition) is 9. The van der Waals surface area contributed by atoms with Crippen LogP contribution in [0.25, 0.3) is 11.3 Å². The number of nitrogens with zero attached hydrogens (tertiary/aromatic N) is 2. The second-order valence-electron chi connectivity index (χ2n) is 6.48. The van der Waals surface area contributed by atoms with Crippen molar-refractivity contribution in [3.8, 4) is 17.0 Å². The number of ether oxygens (including phenoxy) is 1. The average molecular weight is 447 g/mol. The highest BCUT2D eigenvalue weighted by molar-refractivity contribution is 7.94. The van der Waals surface area contributed by atoms with Gasteiger partial charge in [0.1, 0.15) is 5.75 Å². The molecule has 1 aliphatic heterocycles. The molecule has 11 heteroatoms. The molecule has 1 unspecified atom stereocenters. The van der Waals surface area contributed by atoms with Crippen LogP contribution in [0, 0.1) is 6.92 Å². The summed E-state index contributed by atoms with van der Waals surface area (Å²) in [5.41, 5.74) is 5.24. The van der Waals surface area contributed by atoms with Gasteiger partial charge in [-0.05, 0) is 43.3 Å². The summed E-state index contributed by atoms with van der Waals surface area (Å²) in [4.78, 5) is 21.3. The highest BCUT2D eigenvalue weighted by Crippen LogP contribution is 2.29. The Hall–Kier alpha value is -3.15. The molecule has 0 amide bonds. The minimum absolute atomic E-state index is 0.143. The lowest BCUT2D eigenvalue weighted by Crippen LogP contribution is -2.46. The number of hydrogen-bond donors (Lipinski definition) is 2. The Balaban J connectivity index is 1.56. The van der Waals surface area contributed by atoms with Gasteiger partial charge in [-0.1, -0.05) is 23.3 Å². The first-order valence-electron chi connectivity index (χ1n) is 8.81. The van der Waals surface area contributed by atoms with E-state index in [9.17, 15) is 13.2 Å². The van der Waals surface area contributed by atoms with E-state index < -0.39 is 21.4 Å². The molecule has 0 radical (unpaired) electrons. The number of carbonyl (C=O) groups is 1. The maximum atomic E-state index is 12.9.